The molecule has 1 N–H and O–H groups in total. The Bertz CT molecular complexity index is 984. The first-order valence-corrected chi connectivity index (χ1v) is 9.43. The summed E-state index contributed by atoms with van der Waals surface area (Å²) in [5.74, 6) is 0.173. The Morgan fingerprint density at radius 2 is 1.86 bits per heavy atom. The largest absolute Gasteiger partial charge is 0.489 e. The fraction of sp³-hybridized carbons (Fsp3) is 0.150. The third kappa shape index (κ3) is 5.05. The van der Waals surface area contributed by atoms with E-state index >= 15 is 0 Å². The van der Waals surface area contributed by atoms with Gasteiger partial charge in [-0.25, -0.2) is 0 Å². The van der Waals surface area contributed by atoms with Crippen LogP contribution in [-0.4, -0.2) is 5.91 Å². The lowest BCUT2D eigenvalue weighted by molar-refractivity contribution is -0.137. The maximum absolute atomic E-state index is 12.8. The number of rotatable bonds is 5. The van der Waals surface area contributed by atoms with Crippen LogP contribution < -0.4 is 10.1 Å². The normalized spacial score (nSPS) is 11.3. The summed E-state index contributed by atoms with van der Waals surface area (Å²) in [6.45, 7) is 2.25. The van der Waals surface area contributed by atoms with Crippen molar-refractivity contribution in [1.82, 2.24) is 0 Å². The van der Waals surface area contributed by atoms with E-state index < -0.39 is 17.6 Å². The molecule has 0 atom stereocenters. The number of ether oxygens (including phenoxy) is 1. The van der Waals surface area contributed by atoms with Gasteiger partial charge in [-0.05, 0) is 48.7 Å². The van der Waals surface area contributed by atoms with Gasteiger partial charge in [0.15, 0.2) is 0 Å². The van der Waals surface area contributed by atoms with Gasteiger partial charge in [0.2, 0.25) is 0 Å². The first kappa shape index (κ1) is 20.2. The van der Waals surface area contributed by atoms with Crippen LogP contribution in [0.25, 0.3) is 0 Å². The van der Waals surface area contributed by atoms with Crippen molar-refractivity contribution in [2.24, 2.45) is 0 Å². The lowest BCUT2D eigenvalue weighted by Crippen LogP contribution is -2.12. The predicted octanol–water partition coefficient (Wildman–Crippen LogP) is 6.56. The Hall–Kier alpha value is -2.51. The van der Waals surface area contributed by atoms with Crippen LogP contribution >= 0.6 is 22.9 Å². The number of anilines is 1. The molecule has 3 nitrogen and oxygen atoms in total. The van der Waals surface area contributed by atoms with Gasteiger partial charge in [0.25, 0.3) is 5.91 Å². The van der Waals surface area contributed by atoms with Crippen LogP contribution in [0.1, 0.15) is 26.4 Å². The molecule has 0 aliphatic rings. The summed E-state index contributed by atoms with van der Waals surface area (Å²) >= 11 is 7.09. The fourth-order valence-corrected chi connectivity index (χ4v) is 3.31. The molecule has 0 unspecified atom stereocenters. The van der Waals surface area contributed by atoms with Crippen LogP contribution in [0.5, 0.6) is 5.75 Å². The van der Waals surface area contributed by atoms with E-state index in [9.17, 15) is 18.0 Å². The molecule has 0 saturated heterocycles. The molecule has 0 aliphatic heterocycles. The smallest absolute Gasteiger partial charge is 0.416 e. The second kappa shape index (κ2) is 8.24. The van der Waals surface area contributed by atoms with Crippen LogP contribution in [0.2, 0.25) is 5.02 Å². The molecule has 0 fully saturated rings. The molecule has 0 saturated carbocycles. The Balaban J connectivity index is 1.66. The molecular formula is C20H15ClF3NO2S. The zero-order valence-electron chi connectivity index (χ0n) is 14.6. The molecule has 146 valence electrons. The van der Waals surface area contributed by atoms with Crippen molar-refractivity contribution >= 4 is 34.5 Å². The molecule has 0 bridgehead atoms. The Labute approximate surface area is 168 Å². The summed E-state index contributed by atoms with van der Waals surface area (Å²) in [6.07, 6.45) is -4.52. The highest BCUT2D eigenvalue weighted by Crippen LogP contribution is 2.34. The first-order chi connectivity index (χ1) is 13.2. The van der Waals surface area contributed by atoms with E-state index in [1.807, 2.05) is 31.2 Å². The van der Waals surface area contributed by atoms with Gasteiger partial charge < -0.3 is 10.1 Å². The van der Waals surface area contributed by atoms with Crippen LogP contribution in [-0.2, 0) is 12.8 Å². The number of halogens is 4. The standard InChI is InChI=1S/C20H15ClF3NO2S/c1-12-2-5-15(6-3-12)27-10-13-8-18(28-11-13)19(26)25-17-9-14(20(22,23)24)4-7-16(17)21/h2-9,11H,10H2,1H3,(H,25,26). The number of carbonyl (C=O) groups excluding carboxylic acids is 1. The Morgan fingerprint density at radius 3 is 2.54 bits per heavy atom. The number of benzene rings is 2. The van der Waals surface area contributed by atoms with Crippen molar-refractivity contribution in [2.75, 3.05) is 5.32 Å². The number of hydrogen-bond acceptors (Lipinski definition) is 3. The van der Waals surface area contributed by atoms with Gasteiger partial charge in [0, 0.05) is 5.56 Å². The Morgan fingerprint density at radius 1 is 1.14 bits per heavy atom. The summed E-state index contributed by atoms with van der Waals surface area (Å²) < 4.78 is 44.2. The van der Waals surface area contributed by atoms with Crippen LogP contribution in [0.15, 0.2) is 53.9 Å². The first-order valence-electron chi connectivity index (χ1n) is 8.17. The molecule has 3 aromatic rings. The second-order valence-corrected chi connectivity index (χ2v) is 7.39. The monoisotopic (exact) mass is 425 g/mol. The highest BCUT2D eigenvalue weighted by Gasteiger charge is 2.31. The average Bonchev–Trinajstić information content (AvgIpc) is 3.11. The molecule has 1 aromatic heterocycles. The predicted molar refractivity (Wildman–Crippen MR) is 104 cm³/mol. The minimum Gasteiger partial charge on any atom is -0.489 e. The molecule has 3 rings (SSSR count). The molecule has 1 heterocycles. The van der Waals surface area contributed by atoms with Crippen molar-refractivity contribution in [1.29, 1.82) is 0 Å². The van der Waals surface area contributed by atoms with Gasteiger partial charge in [0.1, 0.15) is 12.4 Å². The van der Waals surface area contributed by atoms with Crippen LogP contribution in [0.4, 0.5) is 18.9 Å². The van der Waals surface area contributed by atoms with Gasteiger partial charge >= 0.3 is 6.18 Å². The Kier molecular flexibility index (Phi) is 5.96. The zero-order chi connectivity index (χ0) is 20.3. The minimum atomic E-state index is -4.52. The van der Waals surface area contributed by atoms with Crippen molar-refractivity contribution in [2.45, 2.75) is 19.7 Å². The summed E-state index contributed by atoms with van der Waals surface area (Å²) in [5.41, 5.74) is 0.930. The molecule has 8 heteroatoms. The topological polar surface area (TPSA) is 38.3 Å². The number of nitrogens with one attached hydrogen (secondary N) is 1. The second-order valence-electron chi connectivity index (χ2n) is 6.07. The van der Waals surface area contributed by atoms with Crippen LogP contribution in [0, 0.1) is 6.92 Å². The maximum Gasteiger partial charge on any atom is 0.416 e. The van der Waals surface area contributed by atoms with Gasteiger partial charge in [0.05, 0.1) is 21.2 Å². The van der Waals surface area contributed by atoms with E-state index in [4.69, 9.17) is 16.3 Å². The molecule has 28 heavy (non-hydrogen) atoms. The molecule has 0 radical (unpaired) electrons. The maximum atomic E-state index is 12.8. The van der Waals surface area contributed by atoms with Gasteiger partial charge in [-0.3, -0.25) is 4.79 Å². The molecule has 1 amide bonds. The summed E-state index contributed by atoms with van der Waals surface area (Å²) in [4.78, 5) is 12.7. The molecular weight excluding hydrogens is 411 g/mol. The zero-order valence-corrected chi connectivity index (χ0v) is 16.2. The van der Waals surface area contributed by atoms with E-state index in [-0.39, 0.29) is 17.3 Å². The fourth-order valence-electron chi connectivity index (χ4n) is 2.35. The SMILES string of the molecule is Cc1ccc(OCc2csc(C(=O)Nc3cc(C(F)(F)F)ccc3Cl)c2)cc1. The third-order valence-electron chi connectivity index (χ3n) is 3.85. The third-order valence-corrected chi connectivity index (χ3v) is 5.15. The number of carbonyl (C=O) groups is 1. The minimum absolute atomic E-state index is 0.0285. The number of alkyl halides is 3. The summed E-state index contributed by atoms with van der Waals surface area (Å²) in [5, 5.41) is 4.22. The van der Waals surface area contributed by atoms with E-state index in [0.29, 0.717) is 10.6 Å². The number of thiophene rings is 1. The van der Waals surface area contributed by atoms with E-state index in [1.165, 1.54) is 11.3 Å². The number of amides is 1. The van der Waals surface area contributed by atoms with Crippen molar-refractivity contribution < 1.29 is 22.7 Å². The lowest BCUT2D eigenvalue weighted by atomic mass is 10.2. The molecule has 0 aliphatic carbocycles. The molecule has 0 spiro atoms. The van der Waals surface area contributed by atoms with Crippen LogP contribution in [0.3, 0.4) is 0 Å². The van der Waals surface area contributed by atoms with Crippen molar-refractivity contribution in [3.05, 3.63) is 80.5 Å². The van der Waals surface area contributed by atoms with Crippen molar-refractivity contribution in [3.8, 4) is 5.75 Å². The summed E-state index contributed by atoms with van der Waals surface area (Å²) in [7, 11) is 0. The number of aryl methyl sites for hydroxylation is 1. The van der Waals surface area contributed by atoms with Gasteiger partial charge in [-0.15, -0.1) is 11.3 Å². The van der Waals surface area contributed by atoms with Gasteiger partial charge in [-0.1, -0.05) is 29.3 Å². The van der Waals surface area contributed by atoms with Gasteiger partial charge in [-0.2, -0.15) is 13.2 Å². The highest BCUT2D eigenvalue weighted by atomic mass is 35.5. The lowest BCUT2D eigenvalue weighted by Gasteiger charge is -2.11. The van der Waals surface area contributed by atoms with Crippen molar-refractivity contribution in [3.63, 3.8) is 0 Å². The van der Waals surface area contributed by atoms with E-state index in [1.54, 1.807) is 11.4 Å². The quantitative estimate of drug-likeness (QED) is 0.502. The van der Waals surface area contributed by atoms with E-state index in [0.717, 1.165) is 29.3 Å². The number of hydrogen-bond donors (Lipinski definition) is 1. The molecule has 2 aromatic carbocycles. The summed E-state index contributed by atoms with van der Waals surface area (Å²) in [6, 6.07) is 12.0. The van der Waals surface area contributed by atoms with E-state index in [2.05, 4.69) is 5.32 Å². The average molecular weight is 426 g/mol. The highest BCUT2D eigenvalue weighted by molar-refractivity contribution is 7.12.